The number of amidine groups is 2. The summed E-state index contributed by atoms with van der Waals surface area (Å²) in [6, 6.07) is 11.4. The average Bonchev–Trinajstić information content (AvgIpc) is 2.37. The van der Waals surface area contributed by atoms with Crippen molar-refractivity contribution in [3.05, 3.63) is 58.7 Å². The highest BCUT2D eigenvalue weighted by molar-refractivity contribution is 6.07. The van der Waals surface area contributed by atoms with Gasteiger partial charge < -0.3 is 11.5 Å². The maximum atomic E-state index is 7.72. The van der Waals surface area contributed by atoms with Crippen molar-refractivity contribution in [1.82, 2.24) is 0 Å². The molecule has 0 saturated heterocycles. The highest BCUT2D eigenvalue weighted by Gasteiger charge is 2.13. The van der Waals surface area contributed by atoms with Crippen LogP contribution in [-0.2, 0) is 0 Å². The Hall–Kier alpha value is -2.62. The van der Waals surface area contributed by atoms with E-state index in [-0.39, 0.29) is 11.7 Å². The van der Waals surface area contributed by atoms with Crippen molar-refractivity contribution in [2.75, 3.05) is 0 Å². The molecule has 4 nitrogen and oxygen atoms in total. The van der Waals surface area contributed by atoms with Gasteiger partial charge in [0.2, 0.25) is 0 Å². The van der Waals surface area contributed by atoms with Gasteiger partial charge in [0.25, 0.3) is 0 Å². The Morgan fingerprint density at radius 3 is 1.40 bits per heavy atom. The van der Waals surface area contributed by atoms with Gasteiger partial charge in [-0.25, -0.2) is 0 Å². The summed E-state index contributed by atoms with van der Waals surface area (Å²) >= 11 is 0. The maximum absolute atomic E-state index is 7.72. The molecule has 2 aromatic carbocycles. The molecule has 2 aromatic rings. The fourth-order valence-corrected chi connectivity index (χ4v) is 2.23. The normalized spacial score (nSPS) is 10.3. The maximum Gasteiger partial charge on any atom is 0.123 e. The van der Waals surface area contributed by atoms with Crippen LogP contribution in [0.15, 0.2) is 36.4 Å². The molecule has 0 fully saturated rings. The molecule has 0 heterocycles. The molecule has 0 aliphatic rings. The fourth-order valence-electron chi connectivity index (χ4n) is 2.23. The van der Waals surface area contributed by atoms with Crippen LogP contribution in [0.1, 0.15) is 22.3 Å². The number of aryl methyl sites for hydroxylation is 2. The van der Waals surface area contributed by atoms with Gasteiger partial charge in [0.15, 0.2) is 0 Å². The summed E-state index contributed by atoms with van der Waals surface area (Å²) in [6.45, 7) is 3.97. The van der Waals surface area contributed by atoms with Crippen LogP contribution in [0.4, 0.5) is 0 Å². The fraction of sp³-hybridized carbons (Fsp3) is 0.125. The first-order chi connectivity index (χ1) is 9.40. The molecule has 0 spiro atoms. The molecule has 0 aliphatic carbocycles. The SMILES string of the molecule is Cc1ccc(C(=N)N)c(-c2cc(C)ccc2C(=N)N)c1. The van der Waals surface area contributed by atoms with Gasteiger partial charge in [0, 0.05) is 11.1 Å². The summed E-state index contributed by atoms with van der Waals surface area (Å²) < 4.78 is 0. The summed E-state index contributed by atoms with van der Waals surface area (Å²) in [7, 11) is 0. The molecule has 0 aliphatic heterocycles. The lowest BCUT2D eigenvalue weighted by molar-refractivity contribution is 1.37. The van der Waals surface area contributed by atoms with Gasteiger partial charge in [0.05, 0.1) is 0 Å². The molecule has 0 radical (unpaired) electrons. The lowest BCUT2D eigenvalue weighted by atomic mass is 9.92. The van der Waals surface area contributed by atoms with Gasteiger partial charge in [-0.1, -0.05) is 47.5 Å². The molecule has 0 bridgehead atoms. The lowest BCUT2D eigenvalue weighted by Gasteiger charge is -2.14. The molecule has 102 valence electrons. The zero-order valence-electron chi connectivity index (χ0n) is 11.6. The van der Waals surface area contributed by atoms with Crippen molar-refractivity contribution in [3.8, 4) is 11.1 Å². The minimum atomic E-state index is 0.0102. The Bertz CT molecular complexity index is 640. The van der Waals surface area contributed by atoms with E-state index in [0.717, 1.165) is 22.3 Å². The highest BCUT2D eigenvalue weighted by atomic mass is 14.7. The van der Waals surface area contributed by atoms with E-state index in [1.165, 1.54) is 0 Å². The van der Waals surface area contributed by atoms with Gasteiger partial charge in [0.1, 0.15) is 11.7 Å². The largest absolute Gasteiger partial charge is 0.384 e. The van der Waals surface area contributed by atoms with Gasteiger partial charge >= 0.3 is 0 Å². The van der Waals surface area contributed by atoms with E-state index in [1.54, 1.807) is 0 Å². The third-order valence-corrected chi connectivity index (χ3v) is 3.22. The van der Waals surface area contributed by atoms with Crippen LogP contribution < -0.4 is 11.5 Å². The standard InChI is InChI=1S/C16H18N4/c1-9-3-5-11(15(17)18)13(7-9)14-8-10(2)4-6-12(14)16(19)20/h3-8H,1-2H3,(H3,17,18)(H3,19,20). The zero-order chi connectivity index (χ0) is 14.9. The van der Waals surface area contributed by atoms with Crippen molar-refractivity contribution in [3.63, 3.8) is 0 Å². The predicted octanol–water partition coefficient (Wildman–Crippen LogP) is 2.54. The average molecular weight is 266 g/mol. The van der Waals surface area contributed by atoms with Gasteiger partial charge in [-0.3, -0.25) is 10.8 Å². The van der Waals surface area contributed by atoms with Gasteiger partial charge in [-0.05, 0) is 25.0 Å². The Balaban J connectivity index is 2.79. The van der Waals surface area contributed by atoms with Crippen LogP contribution in [0, 0.1) is 24.7 Å². The topological polar surface area (TPSA) is 99.7 Å². The summed E-state index contributed by atoms with van der Waals surface area (Å²) in [6.07, 6.45) is 0. The van der Waals surface area contributed by atoms with Crippen LogP contribution in [0.25, 0.3) is 11.1 Å². The number of hydrogen-bond acceptors (Lipinski definition) is 2. The molecule has 6 N–H and O–H groups in total. The van der Waals surface area contributed by atoms with Crippen molar-refractivity contribution in [2.45, 2.75) is 13.8 Å². The first kappa shape index (κ1) is 13.8. The summed E-state index contributed by atoms with van der Waals surface area (Å²) in [5.74, 6) is 0.0204. The van der Waals surface area contributed by atoms with E-state index < -0.39 is 0 Å². The number of nitrogens with two attached hydrogens (primary N) is 2. The van der Waals surface area contributed by atoms with E-state index in [4.69, 9.17) is 22.3 Å². The van der Waals surface area contributed by atoms with Crippen LogP contribution in [0.3, 0.4) is 0 Å². The zero-order valence-corrected chi connectivity index (χ0v) is 11.6. The van der Waals surface area contributed by atoms with Crippen molar-refractivity contribution in [2.24, 2.45) is 11.5 Å². The summed E-state index contributed by atoms with van der Waals surface area (Å²) in [4.78, 5) is 0. The molecule has 0 unspecified atom stereocenters. The van der Waals surface area contributed by atoms with Gasteiger partial charge in [-0.2, -0.15) is 0 Å². The molecule has 20 heavy (non-hydrogen) atoms. The molecule has 0 saturated carbocycles. The van der Waals surface area contributed by atoms with E-state index in [9.17, 15) is 0 Å². The Labute approximate surface area is 118 Å². The minimum Gasteiger partial charge on any atom is -0.384 e. The molecule has 2 rings (SSSR count). The first-order valence-corrected chi connectivity index (χ1v) is 6.30. The second kappa shape index (κ2) is 5.17. The molecular formula is C16H18N4. The van der Waals surface area contributed by atoms with Crippen molar-refractivity contribution < 1.29 is 0 Å². The number of nitrogens with one attached hydrogen (secondary N) is 2. The third kappa shape index (κ3) is 2.54. The number of nitrogen functional groups attached to an aromatic ring is 2. The minimum absolute atomic E-state index is 0.0102. The highest BCUT2D eigenvalue weighted by Crippen LogP contribution is 2.29. The molecule has 0 amide bonds. The smallest absolute Gasteiger partial charge is 0.123 e. The predicted molar refractivity (Wildman–Crippen MR) is 83.4 cm³/mol. The van der Waals surface area contributed by atoms with Crippen LogP contribution in [-0.4, -0.2) is 11.7 Å². The van der Waals surface area contributed by atoms with E-state index in [0.29, 0.717) is 11.1 Å². The Morgan fingerprint density at radius 2 is 1.10 bits per heavy atom. The molecule has 0 aromatic heterocycles. The lowest BCUT2D eigenvalue weighted by Crippen LogP contribution is -2.16. The summed E-state index contributed by atoms with van der Waals surface area (Å²) in [5, 5.41) is 15.4. The van der Waals surface area contributed by atoms with Crippen LogP contribution >= 0.6 is 0 Å². The Kier molecular flexibility index (Phi) is 3.57. The number of rotatable bonds is 3. The molecule has 4 heteroatoms. The number of benzene rings is 2. The first-order valence-electron chi connectivity index (χ1n) is 6.30. The van der Waals surface area contributed by atoms with Crippen molar-refractivity contribution >= 4 is 11.7 Å². The third-order valence-electron chi connectivity index (χ3n) is 3.22. The number of hydrogen-bond donors (Lipinski definition) is 4. The van der Waals surface area contributed by atoms with Crippen LogP contribution in [0.5, 0.6) is 0 Å². The quantitative estimate of drug-likeness (QED) is 0.507. The Morgan fingerprint density at radius 1 is 0.750 bits per heavy atom. The van der Waals surface area contributed by atoms with E-state index in [2.05, 4.69) is 0 Å². The molecular weight excluding hydrogens is 248 g/mol. The van der Waals surface area contributed by atoms with Crippen molar-refractivity contribution in [1.29, 1.82) is 10.8 Å². The second-order valence-corrected chi connectivity index (χ2v) is 4.93. The van der Waals surface area contributed by atoms with E-state index in [1.807, 2.05) is 50.2 Å². The molecule has 0 atom stereocenters. The van der Waals surface area contributed by atoms with Crippen LogP contribution in [0.2, 0.25) is 0 Å². The monoisotopic (exact) mass is 266 g/mol. The van der Waals surface area contributed by atoms with E-state index >= 15 is 0 Å². The summed E-state index contributed by atoms with van der Waals surface area (Å²) in [5.41, 5.74) is 16.5. The van der Waals surface area contributed by atoms with Gasteiger partial charge in [-0.15, -0.1) is 0 Å². The second-order valence-electron chi connectivity index (χ2n) is 4.93.